The fourth-order valence-corrected chi connectivity index (χ4v) is 4.61. The molecule has 0 bridgehead atoms. The molecule has 0 radical (unpaired) electrons. The highest BCUT2D eigenvalue weighted by Crippen LogP contribution is 2.54. The zero-order chi connectivity index (χ0) is 13.6. The van der Waals surface area contributed by atoms with E-state index in [2.05, 4.69) is 0 Å². The molecule has 1 aromatic carbocycles. The molecule has 0 amide bonds. The van der Waals surface area contributed by atoms with Gasteiger partial charge in [0.2, 0.25) is 0 Å². The van der Waals surface area contributed by atoms with Gasteiger partial charge in [-0.2, -0.15) is 0 Å². The van der Waals surface area contributed by atoms with E-state index in [0.717, 1.165) is 5.56 Å². The van der Waals surface area contributed by atoms with Crippen LogP contribution in [-0.4, -0.2) is 39.2 Å². The molecule has 3 unspecified atom stereocenters. The smallest absolute Gasteiger partial charge is 0.152 e. The van der Waals surface area contributed by atoms with Gasteiger partial charge in [-0.25, -0.2) is 8.42 Å². The Morgan fingerprint density at radius 2 is 1.94 bits per heavy atom. The van der Waals surface area contributed by atoms with Crippen LogP contribution in [0.2, 0.25) is 5.02 Å². The third-order valence-corrected chi connectivity index (χ3v) is 5.27. The van der Waals surface area contributed by atoms with Crippen LogP contribution in [0.15, 0.2) is 24.3 Å². The van der Waals surface area contributed by atoms with Crippen LogP contribution in [0.4, 0.5) is 0 Å². The van der Waals surface area contributed by atoms with Gasteiger partial charge >= 0.3 is 0 Å². The highest BCUT2D eigenvalue weighted by atomic mass is 35.5. The molecule has 0 saturated heterocycles. The van der Waals surface area contributed by atoms with Gasteiger partial charge in [-0.15, -0.1) is 0 Å². The quantitative estimate of drug-likeness (QED) is 0.904. The van der Waals surface area contributed by atoms with Crippen molar-refractivity contribution < 1.29 is 13.2 Å². The number of hydrogen-bond donors (Lipinski definition) is 1. The summed E-state index contributed by atoms with van der Waals surface area (Å²) in [6.07, 6.45) is 1.21. The minimum atomic E-state index is -3.20. The van der Waals surface area contributed by atoms with E-state index in [9.17, 15) is 8.42 Å². The first-order chi connectivity index (χ1) is 8.30. The molecule has 1 saturated carbocycles. The third kappa shape index (κ3) is 2.28. The minimum Gasteiger partial charge on any atom is -0.383 e. The Labute approximate surface area is 112 Å². The molecule has 6 heteroatoms. The number of benzene rings is 1. The summed E-state index contributed by atoms with van der Waals surface area (Å²) < 4.78 is 28.6. The molecule has 1 aliphatic carbocycles. The van der Waals surface area contributed by atoms with Gasteiger partial charge in [-0.1, -0.05) is 23.7 Å². The lowest BCUT2D eigenvalue weighted by Crippen LogP contribution is -2.35. The molecule has 2 N–H and O–H groups in total. The lowest BCUT2D eigenvalue weighted by molar-refractivity contribution is 0.171. The summed E-state index contributed by atoms with van der Waals surface area (Å²) in [5, 5.41) is 0.0239. The third-order valence-electron chi connectivity index (χ3n) is 3.39. The maximum absolute atomic E-state index is 11.8. The van der Waals surface area contributed by atoms with Crippen molar-refractivity contribution in [3.8, 4) is 0 Å². The Kier molecular flexibility index (Phi) is 3.44. The molecule has 2 rings (SSSR count). The molecule has 4 nitrogen and oxygen atoms in total. The van der Waals surface area contributed by atoms with E-state index in [1.807, 2.05) is 12.1 Å². The van der Waals surface area contributed by atoms with Gasteiger partial charge in [0.15, 0.2) is 9.84 Å². The predicted molar refractivity (Wildman–Crippen MR) is 71.6 cm³/mol. The van der Waals surface area contributed by atoms with Crippen LogP contribution in [0.3, 0.4) is 0 Å². The number of methoxy groups -OCH3 is 1. The van der Waals surface area contributed by atoms with Crippen molar-refractivity contribution in [2.45, 2.75) is 16.7 Å². The van der Waals surface area contributed by atoms with Crippen molar-refractivity contribution in [1.82, 2.24) is 0 Å². The van der Waals surface area contributed by atoms with E-state index < -0.39 is 20.6 Å². The summed E-state index contributed by atoms with van der Waals surface area (Å²) in [5.74, 6) is -0.232. The van der Waals surface area contributed by atoms with Crippen LogP contribution in [0, 0.1) is 0 Å². The van der Waals surface area contributed by atoms with Crippen molar-refractivity contribution in [1.29, 1.82) is 0 Å². The average Bonchev–Trinajstić information content (AvgIpc) is 2.86. The predicted octanol–water partition coefficient (Wildman–Crippen LogP) is 1.19. The summed E-state index contributed by atoms with van der Waals surface area (Å²) in [6, 6.07) is 7.11. The highest BCUT2D eigenvalue weighted by molar-refractivity contribution is 7.91. The van der Waals surface area contributed by atoms with Crippen molar-refractivity contribution >= 4 is 21.4 Å². The molecule has 1 aromatic rings. The first-order valence-corrected chi connectivity index (χ1v) is 7.86. The molecular formula is C12H16ClNO3S. The molecule has 1 aliphatic rings. The van der Waals surface area contributed by atoms with E-state index in [1.165, 1.54) is 13.4 Å². The fraction of sp³-hybridized carbons (Fsp3) is 0.500. The summed E-state index contributed by atoms with van der Waals surface area (Å²) in [6.45, 7) is 0.220. The van der Waals surface area contributed by atoms with Gasteiger partial charge in [0, 0.05) is 24.3 Å². The van der Waals surface area contributed by atoms with Crippen LogP contribution in [0.1, 0.15) is 11.5 Å². The Balaban J connectivity index is 2.35. The molecule has 1 fully saturated rings. The molecule has 3 atom stereocenters. The number of ether oxygens (including phenoxy) is 1. The molecule has 18 heavy (non-hydrogen) atoms. The van der Waals surface area contributed by atoms with Crippen LogP contribution in [0.5, 0.6) is 0 Å². The zero-order valence-corrected chi connectivity index (χ0v) is 11.8. The second kappa shape index (κ2) is 4.49. The number of hydrogen-bond acceptors (Lipinski definition) is 4. The molecule has 0 heterocycles. The molecule has 0 aliphatic heterocycles. The fourth-order valence-electron chi connectivity index (χ4n) is 2.65. The van der Waals surface area contributed by atoms with Crippen molar-refractivity contribution in [3.05, 3.63) is 34.9 Å². The van der Waals surface area contributed by atoms with Gasteiger partial charge in [-0.05, 0) is 17.7 Å². The zero-order valence-electron chi connectivity index (χ0n) is 10.3. The van der Waals surface area contributed by atoms with Crippen LogP contribution in [0.25, 0.3) is 0 Å². The Morgan fingerprint density at radius 3 is 2.39 bits per heavy atom. The van der Waals surface area contributed by atoms with Gasteiger partial charge in [0.25, 0.3) is 0 Å². The van der Waals surface area contributed by atoms with E-state index in [1.54, 1.807) is 12.1 Å². The second-order valence-electron chi connectivity index (χ2n) is 4.82. The number of rotatable bonds is 4. The van der Waals surface area contributed by atoms with E-state index in [0.29, 0.717) is 5.02 Å². The minimum absolute atomic E-state index is 0.220. The summed E-state index contributed by atoms with van der Waals surface area (Å²) in [5.41, 5.74) is 6.21. The second-order valence-corrected chi connectivity index (χ2v) is 7.43. The number of sulfone groups is 1. The number of halogens is 1. The number of nitrogens with two attached hydrogens (primary N) is 1. The van der Waals surface area contributed by atoms with Crippen molar-refractivity contribution in [2.24, 2.45) is 5.73 Å². The Bertz CT molecular complexity index is 543. The first kappa shape index (κ1) is 13.8. The van der Waals surface area contributed by atoms with Gasteiger partial charge in [0.1, 0.15) is 0 Å². The normalized spacial score (nSPS) is 31.3. The first-order valence-electron chi connectivity index (χ1n) is 5.53. The van der Waals surface area contributed by atoms with Crippen LogP contribution < -0.4 is 5.73 Å². The lowest BCUT2D eigenvalue weighted by Gasteiger charge is -2.10. The topological polar surface area (TPSA) is 69.4 Å². The summed E-state index contributed by atoms with van der Waals surface area (Å²) >= 11 is 5.82. The van der Waals surface area contributed by atoms with Crippen molar-refractivity contribution in [3.63, 3.8) is 0 Å². The standard InChI is InChI=1S/C12H16ClNO3S/c1-17-7-12(14)10(11(12)18(2,15)16)8-3-5-9(13)6-4-8/h3-6,10-11H,7,14H2,1-2H3. The average molecular weight is 290 g/mol. The summed E-state index contributed by atoms with van der Waals surface area (Å²) in [4.78, 5) is 0. The van der Waals surface area contributed by atoms with E-state index in [-0.39, 0.29) is 12.5 Å². The maximum atomic E-state index is 11.8. The van der Waals surface area contributed by atoms with Gasteiger partial charge in [-0.3, -0.25) is 0 Å². The Morgan fingerprint density at radius 1 is 1.39 bits per heavy atom. The van der Waals surface area contributed by atoms with Crippen molar-refractivity contribution in [2.75, 3.05) is 20.0 Å². The SMILES string of the molecule is COCC1(N)C(c2ccc(Cl)cc2)C1S(C)(=O)=O. The molecule has 0 aromatic heterocycles. The molecule has 0 spiro atoms. The maximum Gasteiger partial charge on any atom is 0.152 e. The van der Waals surface area contributed by atoms with Crippen LogP contribution in [-0.2, 0) is 14.6 Å². The van der Waals surface area contributed by atoms with E-state index >= 15 is 0 Å². The largest absolute Gasteiger partial charge is 0.383 e. The molecule has 100 valence electrons. The van der Waals surface area contributed by atoms with Crippen LogP contribution >= 0.6 is 11.6 Å². The van der Waals surface area contributed by atoms with Gasteiger partial charge in [0.05, 0.1) is 17.4 Å². The van der Waals surface area contributed by atoms with E-state index in [4.69, 9.17) is 22.1 Å². The lowest BCUT2D eigenvalue weighted by atomic mass is 10.1. The monoisotopic (exact) mass is 289 g/mol. The van der Waals surface area contributed by atoms with Gasteiger partial charge < -0.3 is 10.5 Å². The molecular weight excluding hydrogens is 274 g/mol. The summed E-state index contributed by atoms with van der Waals surface area (Å²) in [7, 11) is -1.69. The Hall–Kier alpha value is -0.620. The highest BCUT2D eigenvalue weighted by Gasteiger charge is 2.67.